The number of likely N-dealkylation sites (tertiary alicyclic amines) is 1. The molecule has 0 saturated carbocycles. The van der Waals surface area contributed by atoms with Crippen molar-refractivity contribution in [3.05, 3.63) is 59.9 Å². The van der Waals surface area contributed by atoms with Gasteiger partial charge >= 0.3 is 0 Å². The number of sulfone groups is 1. The van der Waals surface area contributed by atoms with Crippen LogP contribution in [0.5, 0.6) is 5.75 Å². The number of rotatable bonds is 7. The maximum atomic E-state index is 12.5. The van der Waals surface area contributed by atoms with Gasteiger partial charge in [-0.25, -0.2) is 8.42 Å². The number of ether oxygens (including phenoxy) is 1. The molecule has 2 amide bonds. The molecule has 0 bridgehead atoms. The number of nitrogens with zero attached hydrogens (tertiary/aromatic N) is 2. The fourth-order valence-electron chi connectivity index (χ4n) is 3.97. The Morgan fingerprint density at radius 1 is 1.19 bits per heavy atom. The summed E-state index contributed by atoms with van der Waals surface area (Å²) in [6, 6.07) is 11.0. The third kappa shape index (κ3) is 5.41. The summed E-state index contributed by atoms with van der Waals surface area (Å²) < 4.78 is 29.1. The molecule has 0 aliphatic carbocycles. The van der Waals surface area contributed by atoms with E-state index in [1.807, 2.05) is 36.4 Å². The molecule has 4 rings (SSSR count). The Morgan fingerprint density at radius 3 is 2.68 bits per heavy atom. The van der Waals surface area contributed by atoms with Gasteiger partial charge in [-0.15, -0.1) is 0 Å². The van der Waals surface area contributed by atoms with Crippen LogP contribution in [0.25, 0.3) is 0 Å². The van der Waals surface area contributed by atoms with Crippen LogP contribution in [0.4, 0.5) is 0 Å². The Bertz CT molecular complexity index is 1040. The topological polar surface area (TPSA) is 106 Å². The van der Waals surface area contributed by atoms with E-state index in [0.717, 1.165) is 16.9 Å². The van der Waals surface area contributed by atoms with Gasteiger partial charge in [-0.3, -0.25) is 14.6 Å². The second kappa shape index (κ2) is 9.05. The zero-order chi connectivity index (χ0) is 21.8. The van der Waals surface area contributed by atoms with E-state index in [-0.39, 0.29) is 42.3 Å². The summed E-state index contributed by atoms with van der Waals surface area (Å²) in [6.07, 6.45) is 4.05. The predicted molar refractivity (Wildman–Crippen MR) is 114 cm³/mol. The summed E-state index contributed by atoms with van der Waals surface area (Å²) in [5.74, 6) is 0.0640. The number of nitrogens with one attached hydrogen (secondary N) is 1. The van der Waals surface area contributed by atoms with Crippen molar-refractivity contribution in [2.24, 2.45) is 5.92 Å². The van der Waals surface area contributed by atoms with Gasteiger partial charge in [-0.1, -0.05) is 18.2 Å². The van der Waals surface area contributed by atoms with E-state index in [1.54, 1.807) is 17.3 Å². The van der Waals surface area contributed by atoms with E-state index in [2.05, 4.69) is 10.3 Å². The van der Waals surface area contributed by atoms with Crippen molar-refractivity contribution in [3.63, 3.8) is 0 Å². The summed E-state index contributed by atoms with van der Waals surface area (Å²) >= 11 is 0. The number of hydrogen-bond donors (Lipinski definition) is 1. The van der Waals surface area contributed by atoms with E-state index in [4.69, 9.17) is 4.74 Å². The fourth-order valence-corrected chi connectivity index (χ4v) is 5.70. The van der Waals surface area contributed by atoms with Gasteiger partial charge in [0.25, 0.3) is 0 Å². The number of carbonyl (C=O) groups excluding carboxylic acids is 2. The molecule has 2 saturated heterocycles. The minimum Gasteiger partial charge on any atom is -0.489 e. The Labute approximate surface area is 181 Å². The van der Waals surface area contributed by atoms with Crippen LogP contribution in [0.3, 0.4) is 0 Å². The number of hydrogen-bond acceptors (Lipinski definition) is 6. The Morgan fingerprint density at radius 2 is 2.00 bits per heavy atom. The highest BCUT2D eigenvalue weighted by Gasteiger charge is 2.41. The van der Waals surface area contributed by atoms with Gasteiger partial charge in [0.15, 0.2) is 9.84 Å². The molecule has 9 heteroatoms. The van der Waals surface area contributed by atoms with Gasteiger partial charge in [0.1, 0.15) is 12.4 Å². The van der Waals surface area contributed by atoms with Gasteiger partial charge in [-0.05, 0) is 30.2 Å². The van der Waals surface area contributed by atoms with Crippen LogP contribution in [0, 0.1) is 5.92 Å². The second-order valence-corrected chi connectivity index (χ2v) is 10.2. The SMILES string of the molecule is O=C(NCc1ccc(OCc2cccnc2)cc1)C1CC(=O)N(C2CCS(=O)(=O)C2)C1. The van der Waals surface area contributed by atoms with E-state index in [0.29, 0.717) is 19.6 Å². The average molecular weight is 444 g/mol. The van der Waals surface area contributed by atoms with Crippen LogP contribution < -0.4 is 10.1 Å². The lowest BCUT2D eigenvalue weighted by Gasteiger charge is -2.22. The Kier molecular flexibility index (Phi) is 6.22. The minimum absolute atomic E-state index is 0.00227. The fraction of sp³-hybridized carbons (Fsp3) is 0.409. The molecule has 2 aliphatic heterocycles. The van der Waals surface area contributed by atoms with Crippen molar-refractivity contribution in [1.82, 2.24) is 15.2 Å². The number of amides is 2. The molecule has 2 atom stereocenters. The summed E-state index contributed by atoms with van der Waals surface area (Å²) in [6.45, 7) is 1.06. The van der Waals surface area contributed by atoms with Crippen LogP contribution in [0.15, 0.2) is 48.8 Å². The molecule has 2 aliphatic rings. The molecule has 0 radical (unpaired) electrons. The maximum absolute atomic E-state index is 12.5. The molecular weight excluding hydrogens is 418 g/mol. The van der Waals surface area contributed by atoms with Crippen molar-refractivity contribution in [1.29, 1.82) is 0 Å². The van der Waals surface area contributed by atoms with Gasteiger partial charge in [0.05, 0.1) is 17.4 Å². The van der Waals surface area contributed by atoms with E-state index < -0.39 is 15.8 Å². The molecule has 2 aromatic rings. The van der Waals surface area contributed by atoms with Crippen LogP contribution in [-0.2, 0) is 32.6 Å². The first-order valence-electron chi connectivity index (χ1n) is 10.3. The van der Waals surface area contributed by atoms with Gasteiger partial charge < -0.3 is 15.0 Å². The first-order chi connectivity index (χ1) is 14.9. The molecular formula is C22H25N3O5S. The number of benzene rings is 1. The average Bonchev–Trinajstić information content (AvgIpc) is 3.33. The van der Waals surface area contributed by atoms with Crippen molar-refractivity contribution >= 4 is 21.7 Å². The largest absolute Gasteiger partial charge is 0.489 e. The molecule has 0 spiro atoms. The molecule has 1 aromatic heterocycles. The molecule has 2 unspecified atom stereocenters. The van der Waals surface area contributed by atoms with Crippen molar-refractivity contribution in [3.8, 4) is 5.75 Å². The molecule has 31 heavy (non-hydrogen) atoms. The second-order valence-electron chi connectivity index (χ2n) is 8.02. The third-order valence-electron chi connectivity index (χ3n) is 5.70. The molecule has 2 fully saturated rings. The van der Waals surface area contributed by atoms with E-state index >= 15 is 0 Å². The third-order valence-corrected chi connectivity index (χ3v) is 7.45. The normalized spacial score (nSPS) is 22.5. The van der Waals surface area contributed by atoms with Crippen LogP contribution in [0.2, 0.25) is 0 Å². The Hall–Kier alpha value is -2.94. The quantitative estimate of drug-likeness (QED) is 0.692. The smallest absolute Gasteiger partial charge is 0.225 e. The highest BCUT2D eigenvalue weighted by atomic mass is 32.2. The summed E-state index contributed by atoms with van der Waals surface area (Å²) in [5, 5.41) is 2.88. The zero-order valence-corrected chi connectivity index (χ0v) is 17.9. The summed E-state index contributed by atoms with van der Waals surface area (Å²) in [4.78, 5) is 30.5. The standard InChI is InChI=1S/C22H25N3O5S/c26-21-10-18(13-25(21)19-7-9-31(28,29)15-19)22(27)24-12-16-3-5-20(6-4-16)30-14-17-2-1-8-23-11-17/h1-6,8,11,18-19H,7,9-10,12-15H2,(H,24,27). The lowest BCUT2D eigenvalue weighted by atomic mass is 10.1. The first-order valence-corrected chi connectivity index (χ1v) is 12.1. The predicted octanol–water partition coefficient (Wildman–Crippen LogP) is 1.31. The van der Waals surface area contributed by atoms with Crippen molar-refractivity contribution < 1.29 is 22.7 Å². The first kappa shape index (κ1) is 21.3. The van der Waals surface area contributed by atoms with Crippen molar-refractivity contribution in [2.75, 3.05) is 18.1 Å². The molecule has 3 heterocycles. The lowest BCUT2D eigenvalue weighted by molar-refractivity contribution is -0.130. The summed E-state index contributed by atoms with van der Waals surface area (Å²) in [7, 11) is -3.07. The zero-order valence-electron chi connectivity index (χ0n) is 17.1. The highest BCUT2D eigenvalue weighted by Crippen LogP contribution is 2.26. The number of carbonyl (C=O) groups is 2. The molecule has 8 nitrogen and oxygen atoms in total. The molecule has 1 N–H and O–H groups in total. The van der Waals surface area contributed by atoms with Crippen molar-refractivity contribution in [2.45, 2.75) is 32.0 Å². The van der Waals surface area contributed by atoms with Crippen LogP contribution in [0.1, 0.15) is 24.0 Å². The number of aromatic nitrogens is 1. The van der Waals surface area contributed by atoms with Gasteiger partial charge in [0.2, 0.25) is 11.8 Å². The van der Waals surface area contributed by atoms with Crippen LogP contribution in [-0.4, -0.2) is 54.2 Å². The summed E-state index contributed by atoms with van der Waals surface area (Å²) in [5.41, 5.74) is 1.90. The molecule has 164 valence electrons. The minimum atomic E-state index is -3.07. The van der Waals surface area contributed by atoms with E-state index in [1.165, 1.54) is 0 Å². The molecule has 1 aromatic carbocycles. The Balaban J connectivity index is 1.24. The maximum Gasteiger partial charge on any atom is 0.225 e. The number of pyridine rings is 1. The van der Waals surface area contributed by atoms with E-state index in [9.17, 15) is 18.0 Å². The monoisotopic (exact) mass is 443 g/mol. The van der Waals surface area contributed by atoms with Gasteiger partial charge in [-0.2, -0.15) is 0 Å². The highest BCUT2D eigenvalue weighted by molar-refractivity contribution is 7.91. The lowest BCUT2D eigenvalue weighted by Crippen LogP contribution is -2.39. The van der Waals surface area contributed by atoms with Gasteiger partial charge in [0, 0.05) is 43.5 Å². The van der Waals surface area contributed by atoms with Crippen LogP contribution >= 0.6 is 0 Å².